The van der Waals surface area contributed by atoms with Crippen molar-refractivity contribution in [3.63, 3.8) is 0 Å². The van der Waals surface area contributed by atoms with Gasteiger partial charge in [-0.25, -0.2) is 4.39 Å². The number of hydrogen-bond donors (Lipinski definition) is 1. The Balaban J connectivity index is 2.27. The van der Waals surface area contributed by atoms with Crippen molar-refractivity contribution in [1.29, 1.82) is 0 Å². The lowest BCUT2D eigenvalue weighted by Gasteiger charge is -2.05. The molecule has 0 atom stereocenters. The van der Waals surface area contributed by atoms with E-state index in [1.54, 1.807) is 18.2 Å². The molecule has 0 radical (unpaired) electrons. The van der Waals surface area contributed by atoms with Gasteiger partial charge in [-0.3, -0.25) is 4.79 Å². The van der Waals surface area contributed by atoms with Crippen molar-refractivity contribution in [2.45, 2.75) is 12.8 Å². The van der Waals surface area contributed by atoms with Crippen molar-refractivity contribution in [2.24, 2.45) is 0 Å². The minimum Gasteiger partial charge on any atom is -0.481 e. The molecule has 2 rings (SSSR count). The summed E-state index contributed by atoms with van der Waals surface area (Å²) in [4.78, 5) is 10.5. The highest BCUT2D eigenvalue weighted by Gasteiger charge is 2.05. The molecule has 0 aliphatic rings. The maximum atomic E-state index is 13.6. The normalized spacial score (nSPS) is 10.3. The van der Waals surface area contributed by atoms with Crippen LogP contribution in [0.2, 0.25) is 0 Å². The second-order valence-corrected chi connectivity index (χ2v) is 4.07. The Morgan fingerprint density at radius 3 is 2.61 bits per heavy atom. The zero-order valence-electron chi connectivity index (χ0n) is 9.77. The lowest BCUT2D eigenvalue weighted by molar-refractivity contribution is -0.136. The molecule has 0 spiro atoms. The summed E-state index contributed by atoms with van der Waals surface area (Å²) in [6.07, 6.45) is 0.540. The van der Waals surface area contributed by atoms with Crippen molar-refractivity contribution in [1.82, 2.24) is 0 Å². The highest BCUT2D eigenvalue weighted by Crippen LogP contribution is 2.23. The minimum absolute atomic E-state index is 0.0841. The summed E-state index contributed by atoms with van der Waals surface area (Å²) < 4.78 is 13.6. The highest BCUT2D eigenvalue weighted by atomic mass is 19.1. The van der Waals surface area contributed by atoms with Crippen LogP contribution >= 0.6 is 0 Å². The molecule has 0 aromatic heterocycles. The minimum atomic E-state index is -0.828. The summed E-state index contributed by atoms with van der Waals surface area (Å²) in [5.74, 6) is -1.10. The van der Waals surface area contributed by atoms with Gasteiger partial charge >= 0.3 is 5.97 Å². The first kappa shape index (κ1) is 12.3. The van der Waals surface area contributed by atoms with Gasteiger partial charge in [0.2, 0.25) is 0 Å². The zero-order valence-corrected chi connectivity index (χ0v) is 9.77. The summed E-state index contributed by atoms with van der Waals surface area (Å²) in [5, 5.41) is 8.65. The quantitative estimate of drug-likeness (QED) is 0.893. The Kier molecular flexibility index (Phi) is 3.72. The largest absolute Gasteiger partial charge is 0.481 e. The van der Waals surface area contributed by atoms with E-state index in [1.807, 2.05) is 24.3 Å². The van der Waals surface area contributed by atoms with E-state index < -0.39 is 5.97 Å². The summed E-state index contributed by atoms with van der Waals surface area (Å²) in [6.45, 7) is 0. The molecule has 0 aliphatic heterocycles. The van der Waals surface area contributed by atoms with E-state index in [9.17, 15) is 9.18 Å². The van der Waals surface area contributed by atoms with Crippen LogP contribution in [0.15, 0.2) is 48.5 Å². The van der Waals surface area contributed by atoms with Crippen LogP contribution in [0.5, 0.6) is 0 Å². The van der Waals surface area contributed by atoms with Crippen molar-refractivity contribution in [3.05, 3.63) is 59.9 Å². The molecule has 18 heavy (non-hydrogen) atoms. The van der Waals surface area contributed by atoms with Gasteiger partial charge in [-0.2, -0.15) is 0 Å². The number of aliphatic carboxylic acids is 1. The number of carboxylic acid groups (broad SMARTS) is 1. The average Bonchev–Trinajstić information content (AvgIpc) is 2.37. The number of aryl methyl sites for hydroxylation is 1. The lowest BCUT2D eigenvalue weighted by Crippen LogP contribution is -1.97. The second-order valence-electron chi connectivity index (χ2n) is 4.07. The third kappa shape index (κ3) is 2.94. The number of carboxylic acids is 1. The van der Waals surface area contributed by atoms with Crippen LogP contribution in [0.1, 0.15) is 12.0 Å². The fourth-order valence-corrected chi connectivity index (χ4v) is 1.84. The first-order chi connectivity index (χ1) is 8.66. The Labute approximate surface area is 105 Å². The van der Waals surface area contributed by atoms with Crippen LogP contribution in [0.3, 0.4) is 0 Å². The summed E-state index contributed by atoms with van der Waals surface area (Å²) in [6, 6.07) is 13.9. The second kappa shape index (κ2) is 5.45. The molecule has 2 aromatic rings. The third-order valence-electron chi connectivity index (χ3n) is 2.74. The van der Waals surface area contributed by atoms with Crippen molar-refractivity contribution in [2.75, 3.05) is 0 Å². The maximum absolute atomic E-state index is 13.6. The average molecular weight is 244 g/mol. The van der Waals surface area contributed by atoms with Gasteiger partial charge in [0.05, 0.1) is 0 Å². The van der Waals surface area contributed by atoms with Gasteiger partial charge in [0, 0.05) is 12.0 Å². The molecular weight excluding hydrogens is 231 g/mol. The van der Waals surface area contributed by atoms with Gasteiger partial charge in [-0.15, -0.1) is 0 Å². The molecule has 1 N–H and O–H groups in total. The fourth-order valence-electron chi connectivity index (χ4n) is 1.84. The third-order valence-corrected chi connectivity index (χ3v) is 2.74. The van der Waals surface area contributed by atoms with E-state index in [-0.39, 0.29) is 12.2 Å². The number of hydrogen-bond acceptors (Lipinski definition) is 1. The molecular formula is C15H13FO2. The molecule has 92 valence electrons. The fraction of sp³-hybridized carbons (Fsp3) is 0.133. The van der Waals surface area contributed by atoms with Crippen LogP contribution in [0.25, 0.3) is 11.1 Å². The summed E-state index contributed by atoms with van der Waals surface area (Å²) >= 11 is 0. The van der Waals surface area contributed by atoms with E-state index in [4.69, 9.17) is 5.11 Å². The zero-order chi connectivity index (χ0) is 13.0. The van der Waals surface area contributed by atoms with Gasteiger partial charge in [0.1, 0.15) is 5.82 Å². The van der Waals surface area contributed by atoms with E-state index in [2.05, 4.69) is 0 Å². The van der Waals surface area contributed by atoms with Crippen LogP contribution < -0.4 is 0 Å². The van der Waals surface area contributed by atoms with Gasteiger partial charge in [0.15, 0.2) is 0 Å². The topological polar surface area (TPSA) is 37.3 Å². The SMILES string of the molecule is O=C(O)CCc1cccc(-c2ccccc2F)c1. The Morgan fingerprint density at radius 1 is 1.11 bits per heavy atom. The van der Waals surface area contributed by atoms with E-state index in [0.717, 1.165) is 11.1 Å². The number of carbonyl (C=O) groups is 1. The molecule has 0 saturated heterocycles. The van der Waals surface area contributed by atoms with Gasteiger partial charge in [-0.05, 0) is 23.6 Å². The smallest absolute Gasteiger partial charge is 0.303 e. The van der Waals surface area contributed by atoms with Crippen LogP contribution in [-0.2, 0) is 11.2 Å². The van der Waals surface area contributed by atoms with Gasteiger partial charge < -0.3 is 5.11 Å². The lowest BCUT2D eigenvalue weighted by atomic mass is 10.0. The molecule has 0 aliphatic carbocycles. The predicted octanol–water partition coefficient (Wildman–Crippen LogP) is 3.51. The molecule has 3 heteroatoms. The van der Waals surface area contributed by atoms with Gasteiger partial charge in [0.25, 0.3) is 0 Å². The molecule has 0 heterocycles. The van der Waals surface area contributed by atoms with E-state index >= 15 is 0 Å². The molecule has 2 nitrogen and oxygen atoms in total. The maximum Gasteiger partial charge on any atom is 0.303 e. The molecule has 0 saturated carbocycles. The predicted molar refractivity (Wildman–Crippen MR) is 67.8 cm³/mol. The Bertz CT molecular complexity index is 564. The van der Waals surface area contributed by atoms with Crippen LogP contribution in [-0.4, -0.2) is 11.1 Å². The van der Waals surface area contributed by atoms with Crippen molar-refractivity contribution >= 4 is 5.97 Å². The van der Waals surface area contributed by atoms with Crippen LogP contribution in [0.4, 0.5) is 4.39 Å². The summed E-state index contributed by atoms with van der Waals surface area (Å²) in [5.41, 5.74) is 2.21. The Hall–Kier alpha value is -2.16. The van der Waals surface area contributed by atoms with Crippen molar-refractivity contribution < 1.29 is 14.3 Å². The highest BCUT2D eigenvalue weighted by molar-refractivity contribution is 5.68. The molecule has 0 unspecified atom stereocenters. The molecule has 0 amide bonds. The van der Waals surface area contributed by atoms with Crippen molar-refractivity contribution in [3.8, 4) is 11.1 Å². The number of benzene rings is 2. The first-order valence-electron chi connectivity index (χ1n) is 5.72. The van der Waals surface area contributed by atoms with Crippen LogP contribution in [0, 0.1) is 5.82 Å². The molecule has 2 aromatic carbocycles. The summed E-state index contributed by atoms with van der Waals surface area (Å²) in [7, 11) is 0. The Morgan fingerprint density at radius 2 is 1.89 bits per heavy atom. The van der Waals surface area contributed by atoms with E-state index in [0.29, 0.717) is 12.0 Å². The molecule has 0 fully saturated rings. The number of halogens is 1. The number of rotatable bonds is 4. The molecule has 0 bridgehead atoms. The van der Waals surface area contributed by atoms with E-state index in [1.165, 1.54) is 6.07 Å². The first-order valence-corrected chi connectivity index (χ1v) is 5.72. The monoisotopic (exact) mass is 244 g/mol. The standard InChI is InChI=1S/C15H13FO2/c16-14-7-2-1-6-13(14)12-5-3-4-11(10-12)8-9-15(17)18/h1-7,10H,8-9H2,(H,17,18). The van der Waals surface area contributed by atoms with Gasteiger partial charge in [-0.1, -0.05) is 42.5 Å².